The van der Waals surface area contributed by atoms with E-state index < -0.39 is 0 Å². The Morgan fingerprint density at radius 3 is 1.93 bits per heavy atom. The molecule has 88 valence electrons. The molecule has 0 spiro atoms. The van der Waals surface area contributed by atoms with Gasteiger partial charge in [0.2, 0.25) is 5.91 Å². The number of carbonyl (C=O) groups is 1. The minimum atomic E-state index is 0.204. The van der Waals surface area contributed by atoms with Gasteiger partial charge in [-0.15, -0.1) is 13.2 Å². The highest BCUT2D eigenvalue weighted by Gasteiger charge is 2.29. The molecule has 1 aliphatic heterocycles. The molecule has 3 heteroatoms. The summed E-state index contributed by atoms with van der Waals surface area (Å²) in [5, 5.41) is 0. The molecule has 0 aromatic carbocycles. The number of piperazine rings is 1. The van der Waals surface area contributed by atoms with Crippen molar-refractivity contribution in [3.63, 3.8) is 0 Å². The molecule has 0 aromatic heterocycles. The predicted octanol–water partition coefficient (Wildman–Crippen LogP) is 1.75. The second-order valence-electron chi connectivity index (χ2n) is 3.98. The Balaban J connectivity index is 0.000000921. The first kappa shape index (κ1) is 14.2. The Kier molecular flexibility index (Phi) is 6.25. The monoisotopic (exact) mass is 212 g/mol. The predicted molar refractivity (Wildman–Crippen MR) is 64.8 cm³/mol. The molecule has 0 saturated carbocycles. The SMILES string of the molecule is C=C.CCN1C[C@@H](C)N(C(C)=O)[C@H](C)C1. The second kappa shape index (κ2) is 6.62. The molecule has 0 aromatic rings. The van der Waals surface area contributed by atoms with Crippen molar-refractivity contribution in [1.82, 2.24) is 9.80 Å². The van der Waals surface area contributed by atoms with Gasteiger partial charge in [0.15, 0.2) is 0 Å². The lowest BCUT2D eigenvalue weighted by atomic mass is 10.1. The Labute approximate surface area is 93.7 Å². The summed E-state index contributed by atoms with van der Waals surface area (Å²) in [5.41, 5.74) is 0. The molecule has 1 amide bonds. The van der Waals surface area contributed by atoms with E-state index in [0.717, 1.165) is 19.6 Å². The molecule has 0 unspecified atom stereocenters. The molecule has 1 saturated heterocycles. The Morgan fingerprint density at radius 1 is 1.27 bits per heavy atom. The second-order valence-corrected chi connectivity index (χ2v) is 3.98. The van der Waals surface area contributed by atoms with Crippen LogP contribution in [0.3, 0.4) is 0 Å². The van der Waals surface area contributed by atoms with Crippen LogP contribution < -0.4 is 0 Å². The summed E-state index contributed by atoms with van der Waals surface area (Å²) < 4.78 is 0. The van der Waals surface area contributed by atoms with Gasteiger partial charge >= 0.3 is 0 Å². The zero-order valence-corrected chi connectivity index (χ0v) is 10.5. The molecular formula is C12H24N2O. The standard InChI is InChI=1S/C10H20N2O.C2H4/c1-5-11-6-8(2)12(10(4)13)9(3)7-11;1-2/h8-9H,5-7H2,1-4H3;1-2H2/t8-,9-;/m1./s1. The summed E-state index contributed by atoms with van der Waals surface area (Å²) in [7, 11) is 0. The van der Waals surface area contributed by atoms with Gasteiger partial charge in [-0.05, 0) is 20.4 Å². The molecule has 1 aliphatic rings. The molecule has 0 aliphatic carbocycles. The van der Waals surface area contributed by atoms with Gasteiger partial charge in [0.05, 0.1) is 0 Å². The fraction of sp³-hybridized carbons (Fsp3) is 0.750. The van der Waals surface area contributed by atoms with Crippen LogP contribution in [0.2, 0.25) is 0 Å². The summed E-state index contributed by atoms with van der Waals surface area (Å²) in [6, 6.07) is 0.724. The highest BCUT2D eigenvalue weighted by atomic mass is 16.2. The molecule has 2 atom stereocenters. The van der Waals surface area contributed by atoms with Crippen LogP contribution in [0.4, 0.5) is 0 Å². The topological polar surface area (TPSA) is 23.6 Å². The van der Waals surface area contributed by atoms with Crippen LogP contribution in [0.5, 0.6) is 0 Å². The molecule has 15 heavy (non-hydrogen) atoms. The highest BCUT2D eigenvalue weighted by Crippen LogP contribution is 2.15. The lowest BCUT2D eigenvalue weighted by Gasteiger charge is -2.43. The summed E-state index contributed by atoms with van der Waals surface area (Å²) >= 11 is 0. The van der Waals surface area contributed by atoms with Crippen LogP contribution in [0.25, 0.3) is 0 Å². The average Bonchev–Trinajstić information content (AvgIpc) is 2.19. The van der Waals surface area contributed by atoms with Crippen LogP contribution in [0.15, 0.2) is 13.2 Å². The Hall–Kier alpha value is -0.830. The van der Waals surface area contributed by atoms with E-state index in [2.05, 4.69) is 38.8 Å². The molecule has 0 radical (unpaired) electrons. The Morgan fingerprint density at radius 2 is 1.67 bits per heavy atom. The smallest absolute Gasteiger partial charge is 0.220 e. The van der Waals surface area contributed by atoms with E-state index in [-0.39, 0.29) is 5.91 Å². The van der Waals surface area contributed by atoms with Gasteiger partial charge < -0.3 is 4.90 Å². The highest BCUT2D eigenvalue weighted by molar-refractivity contribution is 5.74. The molecular weight excluding hydrogens is 188 g/mol. The van der Waals surface area contributed by atoms with Crippen molar-refractivity contribution < 1.29 is 4.79 Å². The Bertz CT molecular complexity index is 194. The quantitative estimate of drug-likeness (QED) is 0.618. The summed E-state index contributed by atoms with van der Waals surface area (Å²) in [5.74, 6) is 0.204. The fourth-order valence-electron chi connectivity index (χ4n) is 2.31. The van der Waals surface area contributed by atoms with Crippen molar-refractivity contribution in [2.75, 3.05) is 19.6 Å². The van der Waals surface area contributed by atoms with Crippen molar-refractivity contribution in [1.29, 1.82) is 0 Å². The minimum Gasteiger partial charge on any atom is -0.335 e. The lowest BCUT2D eigenvalue weighted by molar-refractivity contribution is -0.136. The van der Waals surface area contributed by atoms with Crippen molar-refractivity contribution in [2.45, 2.75) is 39.8 Å². The number of hydrogen-bond acceptors (Lipinski definition) is 2. The normalized spacial score (nSPS) is 26.8. The number of likely N-dealkylation sites (N-methyl/N-ethyl adjacent to an activating group) is 1. The molecule has 1 rings (SSSR count). The first-order valence-electron chi connectivity index (χ1n) is 5.57. The molecule has 1 heterocycles. The minimum absolute atomic E-state index is 0.204. The molecule has 0 bridgehead atoms. The number of hydrogen-bond donors (Lipinski definition) is 0. The van der Waals surface area contributed by atoms with Gasteiger partial charge in [0.25, 0.3) is 0 Å². The number of amides is 1. The van der Waals surface area contributed by atoms with Gasteiger partial charge in [0.1, 0.15) is 0 Å². The fourth-order valence-corrected chi connectivity index (χ4v) is 2.31. The average molecular weight is 212 g/mol. The van der Waals surface area contributed by atoms with Crippen molar-refractivity contribution in [3.05, 3.63) is 13.2 Å². The maximum absolute atomic E-state index is 11.3. The van der Waals surface area contributed by atoms with Crippen LogP contribution in [0.1, 0.15) is 27.7 Å². The van der Waals surface area contributed by atoms with Gasteiger partial charge in [-0.25, -0.2) is 0 Å². The third-order valence-corrected chi connectivity index (χ3v) is 2.81. The van der Waals surface area contributed by atoms with E-state index >= 15 is 0 Å². The van der Waals surface area contributed by atoms with Crippen molar-refractivity contribution in [2.24, 2.45) is 0 Å². The van der Waals surface area contributed by atoms with E-state index in [1.165, 1.54) is 0 Å². The van der Waals surface area contributed by atoms with Crippen molar-refractivity contribution >= 4 is 5.91 Å². The largest absolute Gasteiger partial charge is 0.335 e. The van der Waals surface area contributed by atoms with Crippen LogP contribution in [0, 0.1) is 0 Å². The first-order chi connectivity index (χ1) is 7.06. The van der Waals surface area contributed by atoms with E-state index in [4.69, 9.17) is 0 Å². The van der Waals surface area contributed by atoms with Gasteiger partial charge in [0, 0.05) is 32.1 Å². The first-order valence-corrected chi connectivity index (χ1v) is 5.57. The third-order valence-electron chi connectivity index (χ3n) is 2.81. The van der Waals surface area contributed by atoms with E-state index in [9.17, 15) is 4.79 Å². The maximum atomic E-state index is 11.3. The van der Waals surface area contributed by atoms with Crippen molar-refractivity contribution in [3.8, 4) is 0 Å². The van der Waals surface area contributed by atoms with Gasteiger partial charge in [-0.1, -0.05) is 6.92 Å². The van der Waals surface area contributed by atoms with E-state index in [1.54, 1.807) is 6.92 Å². The number of carbonyl (C=O) groups excluding carboxylic acids is 1. The molecule has 0 N–H and O–H groups in total. The van der Waals surface area contributed by atoms with Gasteiger partial charge in [-0.3, -0.25) is 9.69 Å². The van der Waals surface area contributed by atoms with E-state index in [1.807, 2.05) is 4.90 Å². The third kappa shape index (κ3) is 3.67. The summed E-state index contributed by atoms with van der Waals surface area (Å²) in [6.07, 6.45) is 0. The lowest BCUT2D eigenvalue weighted by Crippen LogP contribution is -2.57. The number of rotatable bonds is 1. The van der Waals surface area contributed by atoms with E-state index in [0.29, 0.717) is 12.1 Å². The maximum Gasteiger partial charge on any atom is 0.220 e. The summed E-state index contributed by atoms with van der Waals surface area (Å²) in [6.45, 7) is 17.2. The molecule has 3 nitrogen and oxygen atoms in total. The number of nitrogens with zero attached hydrogens (tertiary/aromatic N) is 2. The summed E-state index contributed by atoms with van der Waals surface area (Å²) in [4.78, 5) is 15.7. The zero-order chi connectivity index (χ0) is 12.0. The molecule has 1 fully saturated rings. The van der Waals surface area contributed by atoms with Crippen LogP contribution in [-0.4, -0.2) is 47.4 Å². The van der Waals surface area contributed by atoms with Crippen LogP contribution >= 0.6 is 0 Å². The van der Waals surface area contributed by atoms with Crippen LogP contribution in [-0.2, 0) is 4.79 Å². The zero-order valence-electron chi connectivity index (χ0n) is 10.5. The van der Waals surface area contributed by atoms with Gasteiger partial charge in [-0.2, -0.15) is 0 Å².